The number of alkyl halides is 1. The van der Waals surface area contributed by atoms with E-state index in [0.29, 0.717) is 36.6 Å². The van der Waals surface area contributed by atoms with Crippen molar-refractivity contribution >= 4 is 39.3 Å². The van der Waals surface area contributed by atoms with Crippen molar-refractivity contribution in [3.05, 3.63) is 60.2 Å². The van der Waals surface area contributed by atoms with Gasteiger partial charge in [-0.15, -0.1) is 0 Å². The highest BCUT2D eigenvalue weighted by molar-refractivity contribution is 9.09. The molecule has 3 unspecified atom stereocenters. The third kappa shape index (κ3) is 4.90. The number of likely N-dealkylation sites (tertiary alicyclic amines) is 1. The summed E-state index contributed by atoms with van der Waals surface area (Å²) in [4.78, 5) is 43.2. The number of carbonyl (C=O) groups is 3. The molecule has 2 aromatic carbocycles. The summed E-state index contributed by atoms with van der Waals surface area (Å²) in [5.41, 5.74) is 0.0846. The molecule has 0 saturated carbocycles. The molecule has 3 aliphatic heterocycles. The number of fused-ring (bicyclic) bond motifs is 1. The monoisotopic (exact) mass is 613 g/mol. The van der Waals surface area contributed by atoms with Gasteiger partial charge in [0.05, 0.1) is 37.2 Å². The molecule has 9 nitrogen and oxygen atoms in total. The highest BCUT2D eigenvalue weighted by Gasteiger charge is 2.77. The fraction of sp³-hybridized carbons (Fsp3) is 0.500. The van der Waals surface area contributed by atoms with Gasteiger partial charge in [0.2, 0.25) is 17.7 Å². The number of amides is 3. The van der Waals surface area contributed by atoms with Crippen LogP contribution in [0.15, 0.2) is 54.6 Å². The lowest BCUT2D eigenvalue weighted by molar-refractivity contribution is -0.145. The molecule has 3 fully saturated rings. The topological polar surface area (TPSA) is 117 Å². The molecule has 3 amide bonds. The Balaban J connectivity index is 1.50. The first-order valence-corrected chi connectivity index (χ1v) is 14.9. The second-order valence-electron chi connectivity index (χ2n) is 10.6. The number of nitrogens with one attached hydrogen (secondary N) is 2. The number of unbranched alkanes of at least 4 members (excludes halogenated alkanes) is 1. The van der Waals surface area contributed by atoms with Crippen molar-refractivity contribution in [2.45, 2.75) is 61.7 Å². The SMILES string of the molecule is CCCCNC(=O)C1N([C@H](CO)c2ccccc2)C(=O)[C@@H]2[C@@H](C(=O)Nc3ccc(OCC)cc3)[C@@H]3OC12CC3Br. The predicted molar refractivity (Wildman–Crippen MR) is 153 cm³/mol. The van der Waals surface area contributed by atoms with Gasteiger partial charge < -0.3 is 30.1 Å². The van der Waals surface area contributed by atoms with E-state index in [0.717, 1.165) is 12.8 Å². The first-order valence-electron chi connectivity index (χ1n) is 14.0. The minimum atomic E-state index is -1.20. The Labute approximate surface area is 242 Å². The van der Waals surface area contributed by atoms with Gasteiger partial charge in [0.25, 0.3) is 0 Å². The van der Waals surface area contributed by atoms with Crippen molar-refractivity contribution in [1.82, 2.24) is 10.2 Å². The van der Waals surface area contributed by atoms with Crippen LogP contribution < -0.4 is 15.4 Å². The summed E-state index contributed by atoms with van der Waals surface area (Å²) in [7, 11) is 0. The smallest absolute Gasteiger partial charge is 0.245 e. The van der Waals surface area contributed by atoms with Crippen LogP contribution in [0, 0.1) is 11.8 Å². The van der Waals surface area contributed by atoms with Gasteiger partial charge in [-0.25, -0.2) is 0 Å². The Morgan fingerprint density at radius 2 is 1.88 bits per heavy atom. The van der Waals surface area contributed by atoms with Gasteiger partial charge in [-0.2, -0.15) is 0 Å². The largest absolute Gasteiger partial charge is 0.494 e. The summed E-state index contributed by atoms with van der Waals surface area (Å²) in [6.45, 7) is 4.56. The first-order chi connectivity index (χ1) is 19.4. The van der Waals surface area contributed by atoms with E-state index in [1.807, 2.05) is 44.2 Å². The van der Waals surface area contributed by atoms with Crippen LogP contribution in [-0.2, 0) is 19.1 Å². The van der Waals surface area contributed by atoms with E-state index in [1.54, 1.807) is 24.3 Å². The molecule has 3 N–H and O–H groups in total. The molecule has 3 aliphatic rings. The van der Waals surface area contributed by atoms with Crippen LogP contribution in [0.1, 0.15) is 44.7 Å². The highest BCUT2D eigenvalue weighted by Crippen LogP contribution is 2.61. The van der Waals surface area contributed by atoms with Crippen LogP contribution in [0.2, 0.25) is 0 Å². The summed E-state index contributed by atoms with van der Waals surface area (Å²) in [5, 5.41) is 16.5. The van der Waals surface area contributed by atoms with Crippen LogP contribution in [-0.4, -0.2) is 70.1 Å². The number of anilines is 1. The standard InChI is InChI=1S/C30H36BrN3O6/c1-3-5-15-32-28(37)26-30-16-21(31)25(40-30)23(27(36)33-19-11-13-20(14-12-19)39-4-2)24(30)29(38)34(26)22(17-35)18-9-7-6-8-10-18/h6-14,21-26,35H,3-5,15-17H2,1-2H3,(H,32,37)(H,33,36)/t21?,22-,23-,24+,25-,26?,30?/m1/s1. The van der Waals surface area contributed by atoms with E-state index in [-0.39, 0.29) is 29.2 Å². The summed E-state index contributed by atoms with van der Waals surface area (Å²) in [5.74, 6) is -2.01. The minimum absolute atomic E-state index is 0.220. The molecule has 3 heterocycles. The van der Waals surface area contributed by atoms with E-state index < -0.39 is 35.6 Å². The quantitative estimate of drug-likeness (QED) is 0.264. The Kier molecular flexibility index (Phi) is 8.49. The molecule has 10 heteroatoms. The van der Waals surface area contributed by atoms with E-state index >= 15 is 0 Å². The third-order valence-corrected chi connectivity index (χ3v) is 9.08. The zero-order valence-electron chi connectivity index (χ0n) is 22.7. The number of hydrogen-bond acceptors (Lipinski definition) is 6. The molecule has 1 spiro atoms. The van der Waals surface area contributed by atoms with Crippen molar-refractivity contribution < 1.29 is 29.0 Å². The molecule has 40 heavy (non-hydrogen) atoms. The lowest BCUT2D eigenvalue weighted by atomic mass is 9.70. The fourth-order valence-electron chi connectivity index (χ4n) is 6.54. The van der Waals surface area contributed by atoms with Crippen LogP contribution in [0.25, 0.3) is 0 Å². The molecule has 0 aromatic heterocycles. The molecule has 2 bridgehead atoms. The molecule has 5 rings (SSSR count). The van der Waals surface area contributed by atoms with Gasteiger partial charge in [-0.05, 0) is 49.6 Å². The zero-order chi connectivity index (χ0) is 28.4. The molecule has 2 aromatic rings. The van der Waals surface area contributed by atoms with E-state index in [2.05, 4.69) is 26.6 Å². The average Bonchev–Trinajstić information content (AvgIpc) is 3.55. The number of ether oxygens (including phenoxy) is 2. The third-order valence-electron chi connectivity index (χ3n) is 8.23. The number of benzene rings is 2. The number of rotatable bonds is 11. The fourth-order valence-corrected chi connectivity index (χ4v) is 7.49. The Morgan fingerprint density at radius 3 is 2.52 bits per heavy atom. The normalized spacial score (nSPS) is 29.2. The molecule has 214 valence electrons. The lowest BCUT2D eigenvalue weighted by Gasteiger charge is -2.37. The minimum Gasteiger partial charge on any atom is -0.494 e. The first kappa shape index (κ1) is 28.6. The average molecular weight is 615 g/mol. The van der Waals surface area contributed by atoms with E-state index in [1.165, 1.54) is 4.90 Å². The van der Waals surface area contributed by atoms with Crippen molar-refractivity contribution in [2.75, 3.05) is 25.1 Å². The predicted octanol–water partition coefficient (Wildman–Crippen LogP) is 3.42. The maximum Gasteiger partial charge on any atom is 0.245 e. The number of aliphatic hydroxyl groups excluding tert-OH is 1. The van der Waals surface area contributed by atoms with Crippen molar-refractivity contribution in [2.24, 2.45) is 11.8 Å². The van der Waals surface area contributed by atoms with Gasteiger partial charge >= 0.3 is 0 Å². The van der Waals surface area contributed by atoms with Gasteiger partial charge in [0.1, 0.15) is 17.4 Å². The van der Waals surface area contributed by atoms with Crippen LogP contribution >= 0.6 is 15.9 Å². The maximum absolute atomic E-state index is 14.3. The number of halogens is 1. The lowest BCUT2D eigenvalue weighted by Crippen LogP contribution is -2.56. The van der Waals surface area contributed by atoms with E-state index in [9.17, 15) is 19.5 Å². The molecule has 0 aliphatic carbocycles. The molecule has 7 atom stereocenters. The van der Waals surface area contributed by atoms with Gasteiger partial charge in [-0.1, -0.05) is 59.6 Å². The van der Waals surface area contributed by atoms with Crippen molar-refractivity contribution in [1.29, 1.82) is 0 Å². The summed E-state index contributed by atoms with van der Waals surface area (Å²) < 4.78 is 12.1. The number of nitrogens with zero attached hydrogens (tertiary/aromatic N) is 1. The zero-order valence-corrected chi connectivity index (χ0v) is 24.3. The number of carbonyl (C=O) groups excluding carboxylic acids is 3. The molecule has 0 radical (unpaired) electrons. The molecular weight excluding hydrogens is 578 g/mol. The maximum atomic E-state index is 14.3. The van der Waals surface area contributed by atoms with Gasteiger partial charge in [0, 0.05) is 17.1 Å². The Bertz CT molecular complexity index is 1230. The van der Waals surface area contributed by atoms with Gasteiger partial charge in [0.15, 0.2) is 0 Å². The highest BCUT2D eigenvalue weighted by atomic mass is 79.9. The second kappa shape index (κ2) is 11.9. The van der Waals surface area contributed by atoms with E-state index in [4.69, 9.17) is 9.47 Å². The van der Waals surface area contributed by atoms with Crippen molar-refractivity contribution in [3.8, 4) is 5.75 Å². The number of aliphatic hydroxyl groups is 1. The van der Waals surface area contributed by atoms with Gasteiger partial charge in [-0.3, -0.25) is 14.4 Å². The number of hydrogen-bond donors (Lipinski definition) is 3. The van der Waals surface area contributed by atoms with Crippen molar-refractivity contribution in [3.63, 3.8) is 0 Å². The summed E-state index contributed by atoms with van der Waals surface area (Å²) >= 11 is 3.69. The van der Waals surface area contributed by atoms with Crippen LogP contribution in [0.4, 0.5) is 5.69 Å². The van der Waals surface area contributed by atoms with Crippen LogP contribution in [0.3, 0.4) is 0 Å². The summed E-state index contributed by atoms with van der Waals surface area (Å²) in [6.07, 6.45) is 1.52. The second-order valence-corrected chi connectivity index (χ2v) is 11.8. The Hall–Kier alpha value is -2.95. The molecule has 3 saturated heterocycles. The molecular formula is C30H36BrN3O6. The Morgan fingerprint density at radius 1 is 1.15 bits per heavy atom. The summed E-state index contributed by atoms with van der Waals surface area (Å²) in [6, 6.07) is 14.5. The van der Waals surface area contributed by atoms with Crippen LogP contribution in [0.5, 0.6) is 5.75 Å².